The molecule has 0 N–H and O–H groups in total. The van der Waals surface area contributed by atoms with Gasteiger partial charge >= 0.3 is 0 Å². The minimum Gasteiger partial charge on any atom is -0.467 e. The maximum absolute atomic E-state index is 13.6. The number of morpholine rings is 1. The van der Waals surface area contributed by atoms with E-state index in [0.29, 0.717) is 54.2 Å². The second kappa shape index (κ2) is 13.6. The Labute approximate surface area is 227 Å². The van der Waals surface area contributed by atoms with Crippen molar-refractivity contribution in [2.75, 3.05) is 45.9 Å². The summed E-state index contributed by atoms with van der Waals surface area (Å²) in [5.41, 5.74) is 1.35. The van der Waals surface area contributed by atoms with E-state index in [-0.39, 0.29) is 18.4 Å². The number of hydrogen-bond acceptors (Lipinski definition) is 5. The fraction of sp³-hybridized carbons (Fsp3) is 0.357. The van der Waals surface area contributed by atoms with Crippen LogP contribution in [0.3, 0.4) is 0 Å². The van der Waals surface area contributed by atoms with E-state index in [1.807, 2.05) is 36.4 Å². The molecule has 1 aliphatic heterocycles. The third kappa shape index (κ3) is 8.33. The van der Waals surface area contributed by atoms with Crippen LogP contribution in [0.2, 0.25) is 10.0 Å². The van der Waals surface area contributed by atoms with Crippen molar-refractivity contribution in [3.05, 3.63) is 93.9 Å². The molecule has 0 saturated carbocycles. The SMILES string of the molecule is O=C(CN(CCCN1CCOCC1)C(=O)c1cc(Cl)cc(Cl)c1)N(Cc1ccccc1)Cc1ccco1. The van der Waals surface area contributed by atoms with Crippen LogP contribution in [0.1, 0.15) is 28.1 Å². The zero-order chi connectivity index (χ0) is 26.0. The second-order valence-corrected chi connectivity index (χ2v) is 9.88. The van der Waals surface area contributed by atoms with Crippen LogP contribution in [0.4, 0.5) is 0 Å². The van der Waals surface area contributed by atoms with E-state index in [9.17, 15) is 9.59 Å². The van der Waals surface area contributed by atoms with Crippen molar-refractivity contribution >= 4 is 35.0 Å². The fourth-order valence-electron chi connectivity index (χ4n) is 4.31. The van der Waals surface area contributed by atoms with Crippen LogP contribution in [0, 0.1) is 0 Å². The van der Waals surface area contributed by atoms with Gasteiger partial charge < -0.3 is 19.0 Å². The smallest absolute Gasteiger partial charge is 0.254 e. The third-order valence-electron chi connectivity index (χ3n) is 6.22. The van der Waals surface area contributed by atoms with Gasteiger partial charge in [0.15, 0.2) is 0 Å². The van der Waals surface area contributed by atoms with Gasteiger partial charge in [-0.1, -0.05) is 53.5 Å². The first-order valence-electron chi connectivity index (χ1n) is 12.4. The molecule has 37 heavy (non-hydrogen) atoms. The van der Waals surface area contributed by atoms with E-state index in [1.54, 1.807) is 40.3 Å². The van der Waals surface area contributed by atoms with Gasteiger partial charge in [-0.25, -0.2) is 0 Å². The van der Waals surface area contributed by atoms with Crippen LogP contribution in [-0.2, 0) is 22.6 Å². The quantitative estimate of drug-likeness (QED) is 0.341. The Hall–Kier alpha value is -2.84. The van der Waals surface area contributed by atoms with Gasteiger partial charge in [-0.2, -0.15) is 0 Å². The Morgan fingerprint density at radius 3 is 2.30 bits per heavy atom. The zero-order valence-corrected chi connectivity index (χ0v) is 22.2. The molecule has 0 aliphatic carbocycles. The van der Waals surface area contributed by atoms with Crippen molar-refractivity contribution in [2.45, 2.75) is 19.5 Å². The van der Waals surface area contributed by atoms with Crippen LogP contribution < -0.4 is 0 Å². The number of amides is 2. The number of rotatable bonds is 11. The number of hydrogen-bond donors (Lipinski definition) is 0. The van der Waals surface area contributed by atoms with Crippen molar-refractivity contribution in [3.63, 3.8) is 0 Å². The zero-order valence-electron chi connectivity index (χ0n) is 20.7. The molecule has 1 fully saturated rings. The van der Waals surface area contributed by atoms with E-state index in [4.69, 9.17) is 32.4 Å². The number of furan rings is 1. The molecule has 4 rings (SSSR count). The van der Waals surface area contributed by atoms with Crippen LogP contribution >= 0.6 is 23.2 Å². The van der Waals surface area contributed by atoms with Crippen LogP contribution in [-0.4, -0.2) is 72.5 Å². The van der Waals surface area contributed by atoms with Crippen molar-refractivity contribution in [1.82, 2.24) is 14.7 Å². The molecular formula is C28H31Cl2N3O4. The number of nitrogens with zero attached hydrogens (tertiary/aromatic N) is 3. The maximum atomic E-state index is 13.6. The van der Waals surface area contributed by atoms with Gasteiger partial charge in [0.05, 0.1) is 26.0 Å². The Balaban J connectivity index is 1.50. The first-order chi connectivity index (χ1) is 18.0. The van der Waals surface area contributed by atoms with Crippen molar-refractivity contribution in [2.24, 2.45) is 0 Å². The highest BCUT2D eigenvalue weighted by molar-refractivity contribution is 6.35. The molecular weight excluding hydrogens is 513 g/mol. The van der Waals surface area contributed by atoms with E-state index >= 15 is 0 Å². The lowest BCUT2D eigenvalue weighted by Gasteiger charge is -2.30. The monoisotopic (exact) mass is 543 g/mol. The van der Waals surface area contributed by atoms with Crippen molar-refractivity contribution in [1.29, 1.82) is 0 Å². The summed E-state index contributed by atoms with van der Waals surface area (Å²) in [6.45, 7) is 5.03. The number of halogens is 2. The van der Waals surface area contributed by atoms with Gasteiger partial charge in [-0.05, 0) is 42.3 Å². The van der Waals surface area contributed by atoms with Gasteiger partial charge in [0, 0.05) is 48.3 Å². The molecule has 196 valence electrons. The standard InChI is InChI=1S/C28H31Cl2N3O4/c29-24-16-23(17-25(30)18-24)28(35)32(10-5-9-31-11-14-36-15-12-31)21-27(34)33(20-26-8-4-13-37-26)19-22-6-2-1-3-7-22/h1-4,6-8,13,16-18H,5,9-12,14-15,19-21H2. The Morgan fingerprint density at radius 2 is 1.62 bits per heavy atom. The van der Waals surface area contributed by atoms with E-state index < -0.39 is 0 Å². The second-order valence-electron chi connectivity index (χ2n) is 9.01. The fourth-order valence-corrected chi connectivity index (χ4v) is 4.84. The van der Waals surface area contributed by atoms with Gasteiger partial charge in [-0.3, -0.25) is 14.5 Å². The highest BCUT2D eigenvalue weighted by Crippen LogP contribution is 2.21. The molecule has 2 heterocycles. The predicted molar refractivity (Wildman–Crippen MR) is 144 cm³/mol. The molecule has 0 spiro atoms. The number of carbonyl (C=O) groups excluding carboxylic acids is 2. The van der Waals surface area contributed by atoms with Gasteiger partial charge in [0.2, 0.25) is 5.91 Å². The lowest BCUT2D eigenvalue weighted by molar-refractivity contribution is -0.133. The molecule has 2 aromatic carbocycles. The summed E-state index contributed by atoms with van der Waals surface area (Å²) in [5, 5.41) is 0.748. The number of carbonyl (C=O) groups is 2. The molecule has 0 atom stereocenters. The Bertz CT molecular complexity index is 1130. The maximum Gasteiger partial charge on any atom is 0.254 e. The summed E-state index contributed by atoms with van der Waals surface area (Å²) in [5.74, 6) is 0.224. The first-order valence-corrected chi connectivity index (χ1v) is 13.1. The highest BCUT2D eigenvalue weighted by atomic mass is 35.5. The van der Waals surface area contributed by atoms with Crippen LogP contribution in [0.15, 0.2) is 71.3 Å². The average molecular weight is 544 g/mol. The molecule has 0 unspecified atom stereocenters. The van der Waals surface area contributed by atoms with Crippen LogP contribution in [0.5, 0.6) is 0 Å². The largest absolute Gasteiger partial charge is 0.467 e. The van der Waals surface area contributed by atoms with E-state index in [0.717, 1.165) is 31.6 Å². The molecule has 0 radical (unpaired) electrons. The molecule has 9 heteroatoms. The molecule has 1 aromatic heterocycles. The Morgan fingerprint density at radius 1 is 0.892 bits per heavy atom. The summed E-state index contributed by atoms with van der Waals surface area (Å²) in [4.78, 5) is 32.8. The normalized spacial score (nSPS) is 13.9. The van der Waals surface area contributed by atoms with E-state index in [2.05, 4.69) is 4.90 Å². The van der Waals surface area contributed by atoms with Gasteiger partial charge in [0.1, 0.15) is 12.3 Å². The molecule has 7 nitrogen and oxygen atoms in total. The minimum absolute atomic E-state index is 0.0698. The lowest BCUT2D eigenvalue weighted by Crippen LogP contribution is -2.44. The molecule has 2 amide bonds. The molecule has 1 aliphatic rings. The highest BCUT2D eigenvalue weighted by Gasteiger charge is 2.24. The topological polar surface area (TPSA) is 66.2 Å². The summed E-state index contributed by atoms with van der Waals surface area (Å²) in [6.07, 6.45) is 2.31. The molecule has 0 bridgehead atoms. The van der Waals surface area contributed by atoms with E-state index in [1.165, 1.54) is 0 Å². The molecule has 1 saturated heterocycles. The van der Waals surface area contributed by atoms with Crippen molar-refractivity contribution < 1.29 is 18.7 Å². The Kier molecular flexibility index (Phi) is 10.0. The summed E-state index contributed by atoms with van der Waals surface area (Å²) < 4.78 is 10.9. The first kappa shape index (κ1) is 27.2. The predicted octanol–water partition coefficient (Wildman–Crippen LogP) is 4.98. The van der Waals surface area contributed by atoms with Gasteiger partial charge in [-0.15, -0.1) is 0 Å². The summed E-state index contributed by atoms with van der Waals surface area (Å²) >= 11 is 12.3. The van der Waals surface area contributed by atoms with Gasteiger partial charge in [0.25, 0.3) is 5.91 Å². The van der Waals surface area contributed by atoms with Crippen molar-refractivity contribution in [3.8, 4) is 0 Å². The summed E-state index contributed by atoms with van der Waals surface area (Å²) in [7, 11) is 0. The molecule has 3 aromatic rings. The minimum atomic E-state index is -0.280. The third-order valence-corrected chi connectivity index (χ3v) is 6.66. The van der Waals surface area contributed by atoms with Crippen LogP contribution in [0.25, 0.3) is 0 Å². The number of ether oxygens (including phenoxy) is 1. The average Bonchev–Trinajstić information content (AvgIpc) is 3.41. The summed E-state index contributed by atoms with van der Waals surface area (Å²) in [6, 6.07) is 18.1. The number of benzene rings is 2. The lowest BCUT2D eigenvalue weighted by atomic mass is 10.1.